The highest BCUT2D eigenvalue weighted by Crippen LogP contribution is 2.22. The summed E-state index contributed by atoms with van der Waals surface area (Å²) in [6.07, 6.45) is 5.92. The van der Waals surface area contributed by atoms with Crippen molar-refractivity contribution >= 4 is 28.8 Å². The monoisotopic (exact) mass is 328 g/mol. The zero-order valence-corrected chi connectivity index (χ0v) is 13.5. The molecule has 3 rings (SSSR count). The molecule has 3 aromatic rings. The van der Waals surface area contributed by atoms with Gasteiger partial charge in [-0.25, -0.2) is 14.8 Å². The summed E-state index contributed by atoms with van der Waals surface area (Å²) < 4.78 is 7.14. The molecule has 0 aliphatic rings. The first-order valence-electron chi connectivity index (χ1n) is 7.22. The Morgan fingerprint density at radius 2 is 2.09 bits per heavy atom. The lowest BCUT2D eigenvalue weighted by Crippen LogP contribution is -2.09. The standard InChI is InChI=1S/C16H16N4O2S/c1-23-15-14-13(17-11-18-15)10-19-20(14)8-5-9-22-16(21)12-6-3-2-4-7-12/h2-4,6-7,10-11H,5,8-9H2,1H3. The predicted octanol–water partition coefficient (Wildman–Crippen LogP) is 2.80. The molecule has 0 aliphatic carbocycles. The van der Waals surface area contributed by atoms with Gasteiger partial charge in [0.25, 0.3) is 0 Å². The van der Waals surface area contributed by atoms with Gasteiger partial charge in [-0.05, 0) is 18.4 Å². The SMILES string of the molecule is CSc1ncnc2cnn(CCCOC(=O)c3ccccc3)c12. The van der Waals surface area contributed by atoms with Crippen molar-refractivity contribution in [1.29, 1.82) is 0 Å². The molecular weight excluding hydrogens is 312 g/mol. The molecule has 1 aromatic carbocycles. The van der Waals surface area contributed by atoms with Gasteiger partial charge < -0.3 is 4.74 Å². The van der Waals surface area contributed by atoms with Crippen LogP contribution in [0.25, 0.3) is 11.0 Å². The fourth-order valence-electron chi connectivity index (χ4n) is 2.25. The molecule has 0 aliphatic heterocycles. The van der Waals surface area contributed by atoms with Crippen LogP contribution in [0.2, 0.25) is 0 Å². The van der Waals surface area contributed by atoms with Gasteiger partial charge in [-0.1, -0.05) is 18.2 Å². The molecule has 0 saturated heterocycles. The number of esters is 1. The highest BCUT2D eigenvalue weighted by atomic mass is 32.2. The molecule has 23 heavy (non-hydrogen) atoms. The molecule has 7 heteroatoms. The van der Waals surface area contributed by atoms with Crippen LogP contribution in [0.3, 0.4) is 0 Å². The first-order chi connectivity index (χ1) is 11.3. The largest absolute Gasteiger partial charge is 0.462 e. The minimum absolute atomic E-state index is 0.302. The summed E-state index contributed by atoms with van der Waals surface area (Å²) in [5.74, 6) is -0.302. The van der Waals surface area contributed by atoms with E-state index in [4.69, 9.17) is 4.74 Å². The van der Waals surface area contributed by atoms with Gasteiger partial charge in [0.2, 0.25) is 0 Å². The highest BCUT2D eigenvalue weighted by molar-refractivity contribution is 7.98. The van der Waals surface area contributed by atoms with E-state index in [0.29, 0.717) is 25.1 Å². The molecule has 118 valence electrons. The van der Waals surface area contributed by atoms with Crippen molar-refractivity contribution in [3.8, 4) is 0 Å². The quantitative estimate of drug-likeness (QED) is 0.300. The Morgan fingerprint density at radius 3 is 2.87 bits per heavy atom. The van der Waals surface area contributed by atoms with Crippen LogP contribution in [0.4, 0.5) is 0 Å². The van der Waals surface area contributed by atoms with E-state index in [1.807, 2.05) is 29.1 Å². The maximum atomic E-state index is 11.9. The maximum absolute atomic E-state index is 11.9. The van der Waals surface area contributed by atoms with Crippen LogP contribution in [0.5, 0.6) is 0 Å². The molecule has 0 N–H and O–H groups in total. The number of thioether (sulfide) groups is 1. The van der Waals surface area contributed by atoms with Crippen molar-refractivity contribution in [2.45, 2.75) is 18.0 Å². The summed E-state index contributed by atoms with van der Waals surface area (Å²) >= 11 is 1.56. The third kappa shape index (κ3) is 3.50. The first kappa shape index (κ1) is 15.5. The second kappa shape index (κ2) is 7.23. The van der Waals surface area contributed by atoms with Crippen molar-refractivity contribution in [3.05, 3.63) is 48.4 Å². The minimum atomic E-state index is -0.302. The lowest BCUT2D eigenvalue weighted by Gasteiger charge is -2.07. The van der Waals surface area contributed by atoms with Crippen molar-refractivity contribution in [1.82, 2.24) is 19.7 Å². The Balaban J connectivity index is 1.58. The number of aryl methyl sites for hydroxylation is 1. The zero-order chi connectivity index (χ0) is 16.1. The zero-order valence-electron chi connectivity index (χ0n) is 12.7. The lowest BCUT2D eigenvalue weighted by molar-refractivity contribution is 0.0495. The van der Waals surface area contributed by atoms with E-state index < -0.39 is 0 Å². The van der Waals surface area contributed by atoms with Crippen LogP contribution in [0, 0.1) is 0 Å². The van der Waals surface area contributed by atoms with E-state index >= 15 is 0 Å². The van der Waals surface area contributed by atoms with Crippen LogP contribution in [-0.4, -0.2) is 38.6 Å². The number of rotatable bonds is 6. The Bertz CT molecular complexity index is 804. The van der Waals surface area contributed by atoms with Crippen LogP contribution >= 0.6 is 11.8 Å². The maximum Gasteiger partial charge on any atom is 0.338 e. The Hall–Kier alpha value is -2.41. The summed E-state index contributed by atoms with van der Waals surface area (Å²) in [6.45, 7) is 0.990. The molecule has 0 unspecified atom stereocenters. The van der Waals surface area contributed by atoms with Crippen LogP contribution in [-0.2, 0) is 11.3 Å². The molecule has 2 aromatic heterocycles. The molecule has 2 heterocycles. The van der Waals surface area contributed by atoms with E-state index in [2.05, 4.69) is 15.1 Å². The second-order valence-corrected chi connectivity index (χ2v) is 5.63. The van der Waals surface area contributed by atoms with Crippen molar-refractivity contribution < 1.29 is 9.53 Å². The number of aromatic nitrogens is 4. The Labute approximate surface area is 137 Å². The molecule has 0 atom stereocenters. The molecule has 0 saturated carbocycles. The van der Waals surface area contributed by atoms with Gasteiger partial charge >= 0.3 is 5.97 Å². The number of carbonyl (C=O) groups is 1. The van der Waals surface area contributed by atoms with Gasteiger partial charge in [-0.2, -0.15) is 5.10 Å². The van der Waals surface area contributed by atoms with Gasteiger partial charge in [0.15, 0.2) is 0 Å². The molecule has 0 amide bonds. The van der Waals surface area contributed by atoms with E-state index in [9.17, 15) is 4.79 Å². The van der Waals surface area contributed by atoms with Crippen LogP contribution < -0.4 is 0 Å². The molecule has 0 radical (unpaired) electrons. The normalized spacial score (nSPS) is 10.8. The number of ether oxygens (including phenoxy) is 1. The topological polar surface area (TPSA) is 69.9 Å². The van der Waals surface area contributed by atoms with Gasteiger partial charge in [-0.3, -0.25) is 4.68 Å². The van der Waals surface area contributed by atoms with E-state index in [0.717, 1.165) is 16.1 Å². The summed E-state index contributed by atoms with van der Waals surface area (Å²) in [5, 5.41) is 5.24. The summed E-state index contributed by atoms with van der Waals surface area (Å²) in [4.78, 5) is 20.3. The average Bonchev–Trinajstić information content (AvgIpc) is 3.02. The van der Waals surface area contributed by atoms with Crippen molar-refractivity contribution in [3.63, 3.8) is 0 Å². The average molecular weight is 328 g/mol. The smallest absolute Gasteiger partial charge is 0.338 e. The third-order valence-corrected chi connectivity index (χ3v) is 4.03. The van der Waals surface area contributed by atoms with Gasteiger partial charge in [0.1, 0.15) is 22.4 Å². The Kier molecular flexibility index (Phi) is 4.87. The summed E-state index contributed by atoms with van der Waals surface area (Å²) in [7, 11) is 0. The van der Waals surface area contributed by atoms with Gasteiger partial charge in [-0.15, -0.1) is 11.8 Å². The fourth-order valence-corrected chi connectivity index (χ4v) is 2.81. The molecule has 0 bridgehead atoms. The number of nitrogens with zero attached hydrogens (tertiary/aromatic N) is 4. The second-order valence-electron chi connectivity index (χ2n) is 4.84. The van der Waals surface area contributed by atoms with Crippen molar-refractivity contribution in [2.75, 3.05) is 12.9 Å². The van der Waals surface area contributed by atoms with Gasteiger partial charge in [0.05, 0.1) is 18.4 Å². The number of fused-ring (bicyclic) bond motifs is 1. The number of hydrogen-bond acceptors (Lipinski definition) is 6. The van der Waals surface area contributed by atoms with Crippen LogP contribution in [0.1, 0.15) is 16.8 Å². The summed E-state index contributed by atoms with van der Waals surface area (Å²) in [6, 6.07) is 8.98. The third-order valence-electron chi connectivity index (χ3n) is 3.34. The van der Waals surface area contributed by atoms with Crippen molar-refractivity contribution in [2.24, 2.45) is 0 Å². The molecule has 6 nitrogen and oxygen atoms in total. The molecular formula is C16H16N4O2S. The fraction of sp³-hybridized carbons (Fsp3) is 0.250. The first-order valence-corrected chi connectivity index (χ1v) is 8.45. The van der Waals surface area contributed by atoms with Crippen LogP contribution in [0.15, 0.2) is 47.9 Å². The minimum Gasteiger partial charge on any atom is -0.462 e. The number of hydrogen-bond donors (Lipinski definition) is 0. The predicted molar refractivity (Wildman–Crippen MR) is 88.4 cm³/mol. The summed E-state index contributed by atoms with van der Waals surface area (Å²) in [5.41, 5.74) is 2.31. The highest BCUT2D eigenvalue weighted by Gasteiger charge is 2.10. The lowest BCUT2D eigenvalue weighted by atomic mass is 10.2. The molecule has 0 spiro atoms. The Morgan fingerprint density at radius 1 is 1.26 bits per heavy atom. The van der Waals surface area contributed by atoms with E-state index in [-0.39, 0.29) is 5.97 Å². The molecule has 0 fully saturated rings. The van der Waals surface area contributed by atoms with E-state index in [1.54, 1.807) is 36.4 Å². The van der Waals surface area contributed by atoms with Gasteiger partial charge in [0, 0.05) is 13.0 Å². The number of benzene rings is 1. The van der Waals surface area contributed by atoms with E-state index in [1.165, 1.54) is 0 Å². The number of carbonyl (C=O) groups excluding carboxylic acids is 1.